The molecule has 0 amide bonds. The second-order valence-corrected chi connectivity index (χ2v) is 3.46. The molecule has 1 atom stereocenters. The Bertz CT molecular complexity index is 177. The van der Waals surface area contributed by atoms with Crippen LogP contribution < -0.4 is 5.73 Å². The van der Waals surface area contributed by atoms with E-state index in [0.717, 1.165) is 12.8 Å². The van der Waals surface area contributed by atoms with Crippen molar-refractivity contribution < 1.29 is 0 Å². The van der Waals surface area contributed by atoms with Crippen molar-refractivity contribution in [2.24, 2.45) is 11.7 Å². The van der Waals surface area contributed by atoms with E-state index in [1.54, 1.807) is 0 Å². The Hall–Kier alpha value is -0.560. The lowest BCUT2D eigenvalue weighted by atomic mass is 9.92. The molecule has 0 saturated heterocycles. The van der Waals surface area contributed by atoms with Crippen LogP contribution in [0.5, 0.6) is 0 Å². The Morgan fingerprint density at radius 1 is 1.36 bits per heavy atom. The van der Waals surface area contributed by atoms with Crippen molar-refractivity contribution in [2.75, 3.05) is 0 Å². The smallest absolute Gasteiger partial charge is 0.0280 e. The van der Waals surface area contributed by atoms with Crippen LogP contribution in [0.4, 0.5) is 0 Å². The molecule has 62 valence electrons. The van der Waals surface area contributed by atoms with Crippen molar-refractivity contribution >= 4 is 0 Å². The minimum Gasteiger partial charge on any atom is -0.324 e. The molecule has 2 N–H and O–H groups in total. The van der Waals surface area contributed by atoms with Crippen LogP contribution in [0.1, 0.15) is 26.7 Å². The highest BCUT2D eigenvalue weighted by Crippen LogP contribution is 2.17. The highest BCUT2D eigenvalue weighted by atomic mass is 14.6. The molecule has 0 aromatic carbocycles. The van der Waals surface area contributed by atoms with E-state index < -0.39 is 0 Å². The first kappa shape index (κ1) is 8.54. The molecule has 1 heteroatoms. The molecule has 1 aliphatic rings. The largest absolute Gasteiger partial charge is 0.324 e. The summed E-state index contributed by atoms with van der Waals surface area (Å²) in [5, 5.41) is 0. The number of hydrogen-bond acceptors (Lipinski definition) is 1. The monoisotopic (exact) mass is 151 g/mol. The molecule has 0 heterocycles. The first-order chi connectivity index (χ1) is 5.22. The molecule has 0 radical (unpaired) electrons. The Labute approximate surface area is 69.0 Å². The van der Waals surface area contributed by atoms with Crippen LogP contribution in [0.3, 0.4) is 0 Å². The Morgan fingerprint density at radius 2 is 2.09 bits per heavy atom. The maximum atomic E-state index is 5.99. The van der Waals surface area contributed by atoms with Crippen molar-refractivity contribution in [1.29, 1.82) is 0 Å². The zero-order valence-corrected chi connectivity index (χ0v) is 7.38. The van der Waals surface area contributed by atoms with Crippen LogP contribution in [0.15, 0.2) is 23.8 Å². The Morgan fingerprint density at radius 3 is 2.55 bits per heavy atom. The van der Waals surface area contributed by atoms with Gasteiger partial charge in [0.25, 0.3) is 0 Å². The van der Waals surface area contributed by atoms with E-state index in [2.05, 4.69) is 32.1 Å². The molecule has 0 aromatic heterocycles. The van der Waals surface area contributed by atoms with Crippen LogP contribution in [0.25, 0.3) is 0 Å². The topological polar surface area (TPSA) is 26.0 Å². The summed E-state index contributed by atoms with van der Waals surface area (Å²) in [6, 6.07) is 0.264. The minimum absolute atomic E-state index is 0.264. The molecule has 0 fully saturated rings. The average molecular weight is 151 g/mol. The van der Waals surface area contributed by atoms with E-state index in [9.17, 15) is 0 Å². The fourth-order valence-corrected chi connectivity index (χ4v) is 1.32. The summed E-state index contributed by atoms with van der Waals surface area (Å²) in [7, 11) is 0. The van der Waals surface area contributed by atoms with Gasteiger partial charge in [0.15, 0.2) is 0 Å². The zero-order chi connectivity index (χ0) is 8.27. The van der Waals surface area contributed by atoms with E-state index in [4.69, 9.17) is 5.73 Å². The summed E-state index contributed by atoms with van der Waals surface area (Å²) in [6.45, 7) is 4.34. The fraction of sp³-hybridized carbons (Fsp3) is 0.600. The van der Waals surface area contributed by atoms with Gasteiger partial charge in [0.2, 0.25) is 0 Å². The summed E-state index contributed by atoms with van der Waals surface area (Å²) in [6.07, 6.45) is 8.77. The van der Waals surface area contributed by atoms with Crippen molar-refractivity contribution in [3.8, 4) is 0 Å². The average Bonchev–Trinajstić information content (AvgIpc) is 2.05. The van der Waals surface area contributed by atoms with Gasteiger partial charge in [-0.15, -0.1) is 0 Å². The summed E-state index contributed by atoms with van der Waals surface area (Å²) in [4.78, 5) is 0. The van der Waals surface area contributed by atoms with Gasteiger partial charge in [-0.25, -0.2) is 0 Å². The van der Waals surface area contributed by atoms with Crippen LogP contribution in [-0.2, 0) is 0 Å². The van der Waals surface area contributed by atoms with Crippen LogP contribution >= 0.6 is 0 Å². The summed E-state index contributed by atoms with van der Waals surface area (Å²) in [5.41, 5.74) is 7.39. The Balaban J connectivity index is 2.53. The first-order valence-electron chi connectivity index (χ1n) is 4.31. The SMILES string of the molecule is CC(C)C(N)C1=CCC=CC1. The van der Waals surface area contributed by atoms with Gasteiger partial charge in [-0.2, -0.15) is 0 Å². The fourth-order valence-electron chi connectivity index (χ4n) is 1.32. The van der Waals surface area contributed by atoms with Crippen LogP contribution in [0, 0.1) is 5.92 Å². The van der Waals surface area contributed by atoms with Gasteiger partial charge in [-0.1, -0.05) is 37.6 Å². The van der Waals surface area contributed by atoms with E-state index in [-0.39, 0.29) is 6.04 Å². The molecular weight excluding hydrogens is 134 g/mol. The zero-order valence-electron chi connectivity index (χ0n) is 7.38. The molecular formula is C10H17N. The third kappa shape index (κ3) is 2.19. The Kier molecular flexibility index (Phi) is 2.89. The molecule has 1 aliphatic carbocycles. The molecule has 1 nitrogen and oxygen atoms in total. The summed E-state index contributed by atoms with van der Waals surface area (Å²) >= 11 is 0. The number of hydrogen-bond donors (Lipinski definition) is 1. The number of allylic oxidation sites excluding steroid dienone is 3. The van der Waals surface area contributed by atoms with E-state index >= 15 is 0 Å². The van der Waals surface area contributed by atoms with Gasteiger partial charge in [-0.3, -0.25) is 0 Å². The normalized spacial score (nSPS) is 20.2. The lowest BCUT2D eigenvalue weighted by Crippen LogP contribution is -2.28. The maximum absolute atomic E-state index is 5.99. The molecule has 0 saturated carbocycles. The summed E-state index contributed by atoms with van der Waals surface area (Å²) in [5.74, 6) is 0.563. The quantitative estimate of drug-likeness (QED) is 0.602. The van der Waals surface area contributed by atoms with Crippen molar-refractivity contribution in [1.82, 2.24) is 0 Å². The van der Waals surface area contributed by atoms with Gasteiger partial charge in [0.1, 0.15) is 0 Å². The standard InChI is InChI=1S/C10H17N/c1-8(2)10(11)9-6-4-3-5-7-9/h3-4,7-8,10H,5-6,11H2,1-2H3. The molecule has 1 unspecified atom stereocenters. The minimum atomic E-state index is 0.264. The predicted octanol–water partition coefficient (Wildman–Crippen LogP) is 2.25. The third-order valence-corrected chi connectivity index (χ3v) is 2.18. The molecule has 0 bridgehead atoms. The molecule has 11 heavy (non-hydrogen) atoms. The molecule has 0 aliphatic heterocycles. The molecule has 1 rings (SSSR count). The van der Waals surface area contributed by atoms with Crippen LogP contribution in [0.2, 0.25) is 0 Å². The van der Waals surface area contributed by atoms with E-state index in [0.29, 0.717) is 5.92 Å². The van der Waals surface area contributed by atoms with Crippen molar-refractivity contribution in [3.63, 3.8) is 0 Å². The lowest BCUT2D eigenvalue weighted by molar-refractivity contribution is 0.539. The van der Waals surface area contributed by atoms with E-state index in [1.807, 2.05) is 0 Å². The van der Waals surface area contributed by atoms with Crippen molar-refractivity contribution in [2.45, 2.75) is 32.7 Å². The number of rotatable bonds is 2. The highest BCUT2D eigenvalue weighted by molar-refractivity contribution is 5.20. The predicted molar refractivity (Wildman–Crippen MR) is 49.3 cm³/mol. The van der Waals surface area contributed by atoms with Crippen molar-refractivity contribution in [3.05, 3.63) is 23.8 Å². The van der Waals surface area contributed by atoms with Gasteiger partial charge < -0.3 is 5.73 Å². The van der Waals surface area contributed by atoms with Gasteiger partial charge in [0.05, 0.1) is 0 Å². The van der Waals surface area contributed by atoms with Gasteiger partial charge >= 0.3 is 0 Å². The lowest BCUT2D eigenvalue weighted by Gasteiger charge is -2.20. The number of nitrogens with two attached hydrogens (primary N) is 1. The second-order valence-electron chi connectivity index (χ2n) is 3.46. The highest BCUT2D eigenvalue weighted by Gasteiger charge is 2.12. The second kappa shape index (κ2) is 3.72. The van der Waals surface area contributed by atoms with Gasteiger partial charge in [-0.05, 0) is 18.8 Å². The molecule has 0 aromatic rings. The molecule has 0 spiro atoms. The maximum Gasteiger partial charge on any atom is 0.0280 e. The van der Waals surface area contributed by atoms with E-state index in [1.165, 1.54) is 5.57 Å². The van der Waals surface area contributed by atoms with Crippen LogP contribution in [-0.4, -0.2) is 6.04 Å². The van der Waals surface area contributed by atoms with Gasteiger partial charge in [0, 0.05) is 6.04 Å². The summed E-state index contributed by atoms with van der Waals surface area (Å²) < 4.78 is 0. The first-order valence-corrected chi connectivity index (χ1v) is 4.31. The third-order valence-electron chi connectivity index (χ3n) is 2.18.